The van der Waals surface area contributed by atoms with Crippen molar-refractivity contribution in [1.29, 1.82) is 0 Å². The molecule has 1 rings (SSSR count). The zero-order chi connectivity index (χ0) is 15.1. The number of carbonyl (C=O) groups is 2. The van der Waals surface area contributed by atoms with Crippen LogP contribution in [0.3, 0.4) is 0 Å². The number of hydrogen-bond acceptors (Lipinski definition) is 3. The van der Waals surface area contributed by atoms with E-state index >= 15 is 0 Å². The van der Waals surface area contributed by atoms with E-state index < -0.39 is 5.97 Å². The Morgan fingerprint density at radius 1 is 1.15 bits per heavy atom. The van der Waals surface area contributed by atoms with Crippen LogP contribution in [-0.4, -0.2) is 58.5 Å². The van der Waals surface area contributed by atoms with Crippen molar-refractivity contribution in [2.24, 2.45) is 0 Å². The second-order valence-corrected chi connectivity index (χ2v) is 5.88. The molecule has 0 saturated heterocycles. The molecule has 116 valence electrons. The number of carboxylic acids is 1. The minimum Gasteiger partial charge on any atom is -0.480 e. The van der Waals surface area contributed by atoms with E-state index in [0.717, 1.165) is 12.8 Å². The van der Waals surface area contributed by atoms with Crippen LogP contribution in [0.4, 0.5) is 0 Å². The molecule has 0 aliphatic heterocycles. The van der Waals surface area contributed by atoms with Gasteiger partial charge in [-0.15, -0.1) is 0 Å². The van der Waals surface area contributed by atoms with Crippen molar-refractivity contribution in [3.05, 3.63) is 0 Å². The highest BCUT2D eigenvalue weighted by Crippen LogP contribution is 2.24. The quantitative estimate of drug-likeness (QED) is 0.776. The minimum atomic E-state index is -0.881. The number of hydrogen-bond donors (Lipinski definition) is 1. The Morgan fingerprint density at radius 3 is 2.20 bits per heavy atom. The minimum absolute atomic E-state index is 0.0648. The lowest BCUT2D eigenvalue weighted by Crippen LogP contribution is -2.50. The molecule has 1 saturated carbocycles. The van der Waals surface area contributed by atoms with Gasteiger partial charge in [0.15, 0.2) is 0 Å². The van der Waals surface area contributed by atoms with Gasteiger partial charge in [0.25, 0.3) is 0 Å². The molecule has 0 aromatic rings. The van der Waals surface area contributed by atoms with Crippen LogP contribution in [-0.2, 0) is 9.59 Å². The van der Waals surface area contributed by atoms with Crippen molar-refractivity contribution < 1.29 is 14.7 Å². The summed E-state index contributed by atoms with van der Waals surface area (Å²) in [5, 5.41) is 8.86. The molecule has 1 aliphatic carbocycles. The van der Waals surface area contributed by atoms with Crippen molar-refractivity contribution in [2.45, 2.75) is 65.0 Å². The summed E-state index contributed by atoms with van der Waals surface area (Å²) in [7, 11) is 0. The SMILES string of the molecule is CCN(CC(=O)O)CC(=O)N(C(C)C)C1CCCCC1. The maximum Gasteiger partial charge on any atom is 0.317 e. The predicted molar refractivity (Wildman–Crippen MR) is 78.6 cm³/mol. The van der Waals surface area contributed by atoms with Crippen LogP contribution < -0.4 is 0 Å². The highest BCUT2D eigenvalue weighted by molar-refractivity contribution is 5.79. The summed E-state index contributed by atoms with van der Waals surface area (Å²) in [6.45, 7) is 6.68. The number of likely N-dealkylation sites (N-methyl/N-ethyl adjacent to an activating group) is 1. The van der Waals surface area contributed by atoms with Crippen LogP contribution in [0.5, 0.6) is 0 Å². The number of rotatable bonds is 7. The zero-order valence-corrected chi connectivity index (χ0v) is 13.0. The van der Waals surface area contributed by atoms with Crippen LogP contribution in [0.2, 0.25) is 0 Å². The van der Waals surface area contributed by atoms with Crippen LogP contribution in [0.15, 0.2) is 0 Å². The summed E-state index contributed by atoms with van der Waals surface area (Å²) in [6, 6.07) is 0.508. The summed E-state index contributed by atoms with van der Waals surface area (Å²) in [6.07, 6.45) is 5.79. The lowest BCUT2D eigenvalue weighted by molar-refractivity contribution is -0.141. The Hall–Kier alpha value is -1.10. The first-order chi connectivity index (χ1) is 9.45. The van der Waals surface area contributed by atoms with Crippen LogP contribution >= 0.6 is 0 Å². The first kappa shape index (κ1) is 17.0. The van der Waals surface area contributed by atoms with E-state index in [1.807, 2.05) is 25.7 Å². The standard InChI is InChI=1S/C15H28N2O3/c1-4-16(11-15(19)20)10-14(18)17(12(2)3)13-8-6-5-7-9-13/h12-13H,4-11H2,1-3H3,(H,19,20). The molecular formula is C15H28N2O3. The maximum absolute atomic E-state index is 12.5. The molecule has 1 aliphatic rings. The average molecular weight is 284 g/mol. The van der Waals surface area contributed by atoms with E-state index in [2.05, 4.69) is 0 Å². The number of nitrogens with zero attached hydrogens (tertiary/aromatic N) is 2. The van der Waals surface area contributed by atoms with Gasteiger partial charge in [-0.25, -0.2) is 0 Å². The number of carboxylic acid groups (broad SMARTS) is 1. The van der Waals surface area contributed by atoms with E-state index in [1.54, 1.807) is 4.90 Å². The summed E-state index contributed by atoms with van der Waals surface area (Å²) in [5.74, 6) is -0.816. The van der Waals surface area contributed by atoms with Gasteiger partial charge in [0, 0.05) is 12.1 Å². The largest absolute Gasteiger partial charge is 0.480 e. The topological polar surface area (TPSA) is 60.9 Å². The summed E-state index contributed by atoms with van der Waals surface area (Å²) in [4.78, 5) is 27.0. The van der Waals surface area contributed by atoms with Crippen molar-refractivity contribution in [3.63, 3.8) is 0 Å². The number of carbonyl (C=O) groups excluding carboxylic acids is 1. The summed E-state index contributed by atoms with van der Waals surface area (Å²) >= 11 is 0. The molecule has 0 radical (unpaired) electrons. The Kier molecular flexibility index (Phi) is 6.99. The van der Waals surface area contributed by atoms with Gasteiger partial charge in [0.1, 0.15) is 0 Å². The van der Waals surface area contributed by atoms with E-state index in [9.17, 15) is 9.59 Å². The van der Waals surface area contributed by atoms with Gasteiger partial charge in [-0.2, -0.15) is 0 Å². The molecule has 1 amide bonds. The van der Waals surface area contributed by atoms with Crippen LogP contribution in [0, 0.1) is 0 Å². The van der Waals surface area contributed by atoms with Crippen molar-refractivity contribution in [3.8, 4) is 0 Å². The van der Waals surface area contributed by atoms with Crippen molar-refractivity contribution in [2.75, 3.05) is 19.6 Å². The second-order valence-electron chi connectivity index (χ2n) is 5.88. The van der Waals surface area contributed by atoms with Gasteiger partial charge in [-0.05, 0) is 33.2 Å². The molecule has 0 aromatic carbocycles. The molecule has 1 N–H and O–H groups in total. The summed E-state index contributed by atoms with van der Waals surface area (Å²) in [5.41, 5.74) is 0. The van der Waals surface area contributed by atoms with E-state index in [0.29, 0.717) is 12.6 Å². The Labute approximate surface area is 121 Å². The van der Waals surface area contributed by atoms with Crippen molar-refractivity contribution in [1.82, 2.24) is 9.80 Å². The molecule has 0 heterocycles. The van der Waals surface area contributed by atoms with Gasteiger partial charge in [0.05, 0.1) is 13.1 Å². The molecule has 1 fully saturated rings. The highest BCUT2D eigenvalue weighted by atomic mass is 16.4. The van der Waals surface area contributed by atoms with Crippen molar-refractivity contribution >= 4 is 11.9 Å². The summed E-state index contributed by atoms with van der Waals surface area (Å²) < 4.78 is 0. The Bertz CT molecular complexity index is 325. The van der Waals surface area contributed by atoms with Gasteiger partial charge >= 0.3 is 5.97 Å². The second kappa shape index (κ2) is 8.25. The first-order valence-electron chi connectivity index (χ1n) is 7.71. The Balaban J connectivity index is 2.65. The monoisotopic (exact) mass is 284 g/mol. The van der Waals surface area contributed by atoms with Gasteiger partial charge in [0.2, 0.25) is 5.91 Å². The number of aliphatic carboxylic acids is 1. The predicted octanol–water partition coefficient (Wildman–Crippen LogP) is 1.96. The zero-order valence-electron chi connectivity index (χ0n) is 13.0. The molecule has 0 spiro atoms. The van der Waals surface area contributed by atoms with Gasteiger partial charge < -0.3 is 10.0 Å². The molecule has 0 aromatic heterocycles. The smallest absolute Gasteiger partial charge is 0.317 e. The normalized spacial score (nSPS) is 16.6. The third-order valence-corrected chi connectivity index (χ3v) is 3.98. The molecule has 0 bridgehead atoms. The fourth-order valence-corrected chi connectivity index (χ4v) is 3.02. The lowest BCUT2D eigenvalue weighted by Gasteiger charge is -2.38. The maximum atomic E-state index is 12.5. The van der Waals surface area contributed by atoms with E-state index in [1.165, 1.54) is 19.3 Å². The average Bonchev–Trinajstić information content (AvgIpc) is 2.38. The van der Waals surface area contributed by atoms with E-state index in [4.69, 9.17) is 5.11 Å². The number of amides is 1. The Morgan fingerprint density at radius 2 is 1.75 bits per heavy atom. The first-order valence-corrected chi connectivity index (χ1v) is 7.71. The molecule has 0 atom stereocenters. The molecule has 20 heavy (non-hydrogen) atoms. The van der Waals surface area contributed by atoms with Gasteiger partial charge in [-0.1, -0.05) is 26.2 Å². The molecule has 5 heteroatoms. The lowest BCUT2D eigenvalue weighted by atomic mass is 9.93. The molecule has 5 nitrogen and oxygen atoms in total. The van der Waals surface area contributed by atoms with E-state index in [-0.39, 0.29) is 25.0 Å². The third-order valence-electron chi connectivity index (χ3n) is 3.98. The third kappa shape index (κ3) is 5.12. The molecular weight excluding hydrogens is 256 g/mol. The van der Waals surface area contributed by atoms with Gasteiger partial charge in [-0.3, -0.25) is 14.5 Å². The van der Waals surface area contributed by atoms with Crippen LogP contribution in [0.1, 0.15) is 52.9 Å². The van der Waals surface area contributed by atoms with Crippen LogP contribution in [0.25, 0.3) is 0 Å². The highest BCUT2D eigenvalue weighted by Gasteiger charge is 2.28. The fourth-order valence-electron chi connectivity index (χ4n) is 3.02. The fraction of sp³-hybridized carbons (Fsp3) is 0.867. The molecule has 0 unspecified atom stereocenters.